The molecule has 2 unspecified atom stereocenters. The topological polar surface area (TPSA) is 156 Å². The lowest BCUT2D eigenvalue weighted by Crippen LogP contribution is -2.59. The summed E-state index contributed by atoms with van der Waals surface area (Å²) < 4.78 is 11.0. The van der Waals surface area contributed by atoms with E-state index >= 15 is 0 Å². The van der Waals surface area contributed by atoms with Gasteiger partial charge in [0.1, 0.15) is 12.1 Å². The summed E-state index contributed by atoms with van der Waals surface area (Å²) >= 11 is 0. The summed E-state index contributed by atoms with van der Waals surface area (Å²) in [6.45, 7) is 5.14. The molecule has 1 rings (SSSR count). The lowest BCUT2D eigenvalue weighted by atomic mass is 9.97. The van der Waals surface area contributed by atoms with Crippen molar-refractivity contribution in [3.63, 3.8) is 0 Å². The zero-order valence-corrected chi connectivity index (χ0v) is 11.5. The molecule has 20 heavy (non-hydrogen) atoms. The minimum absolute atomic E-state index is 0.165. The van der Waals surface area contributed by atoms with E-state index < -0.39 is 36.2 Å². The van der Waals surface area contributed by atoms with Crippen LogP contribution >= 0.6 is 0 Å². The Hall–Kier alpha value is -1.54. The third-order valence-corrected chi connectivity index (χ3v) is 2.65. The standard InChI is InChI=1S/C10H18N6O4/c1-10(2,3)20-9-6(14-16-12)8(18)7(17)5(19-9)4-13-15-11/h5-9,17-18H,4H2,1-3H3/t5?,6?,7-,8+,9-/m0/s1. The molecule has 0 aromatic carbocycles. The fourth-order valence-corrected chi connectivity index (χ4v) is 1.81. The van der Waals surface area contributed by atoms with E-state index in [4.69, 9.17) is 20.5 Å². The van der Waals surface area contributed by atoms with Crippen molar-refractivity contribution in [1.29, 1.82) is 0 Å². The van der Waals surface area contributed by atoms with Crippen molar-refractivity contribution in [2.45, 2.75) is 57.0 Å². The van der Waals surface area contributed by atoms with Crippen molar-refractivity contribution in [1.82, 2.24) is 0 Å². The Morgan fingerprint density at radius 1 is 1.20 bits per heavy atom. The Balaban J connectivity index is 2.96. The van der Waals surface area contributed by atoms with Gasteiger partial charge in [-0.2, -0.15) is 0 Å². The monoisotopic (exact) mass is 286 g/mol. The highest BCUT2D eigenvalue weighted by Crippen LogP contribution is 2.28. The van der Waals surface area contributed by atoms with Crippen LogP contribution in [-0.4, -0.2) is 53.0 Å². The summed E-state index contributed by atoms with van der Waals surface area (Å²) in [6, 6.07) is -1.09. The quantitative estimate of drug-likeness (QED) is 0.452. The molecule has 10 heteroatoms. The van der Waals surface area contributed by atoms with E-state index in [9.17, 15) is 10.2 Å². The van der Waals surface area contributed by atoms with Crippen LogP contribution in [0.2, 0.25) is 0 Å². The van der Waals surface area contributed by atoms with E-state index in [0.29, 0.717) is 0 Å². The molecule has 0 aliphatic carbocycles. The van der Waals surface area contributed by atoms with Crippen LogP contribution in [0.1, 0.15) is 20.8 Å². The van der Waals surface area contributed by atoms with E-state index in [1.807, 2.05) is 0 Å². The molecule has 0 radical (unpaired) electrons. The number of ether oxygens (including phenoxy) is 2. The molecule has 0 saturated carbocycles. The van der Waals surface area contributed by atoms with Crippen LogP contribution in [-0.2, 0) is 9.47 Å². The van der Waals surface area contributed by atoms with Crippen molar-refractivity contribution in [3.8, 4) is 0 Å². The molecule has 1 fully saturated rings. The number of aliphatic hydroxyl groups is 2. The van der Waals surface area contributed by atoms with Gasteiger partial charge in [-0.15, -0.1) is 0 Å². The first-order chi connectivity index (χ1) is 9.30. The van der Waals surface area contributed by atoms with Crippen molar-refractivity contribution in [2.24, 2.45) is 10.2 Å². The summed E-state index contributed by atoms with van der Waals surface area (Å²) in [5.41, 5.74) is 16.2. The van der Waals surface area contributed by atoms with Gasteiger partial charge in [-0.05, 0) is 31.8 Å². The number of azide groups is 2. The molecule has 0 amide bonds. The van der Waals surface area contributed by atoms with Crippen LogP contribution in [0.5, 0.6) is 0 Å². The van der Waals surface area contributed by atoms with Crippen LogP contribution in [0.3, 0.4) is 0 Å². The fraction of sp³-hybridized carbons (Fsp3) is 1.00. The van der Waals surface area contributed by atoms with Gasteiger partial charge in [-0.1, -0.05) is 10.2 Å². The highest BCUT2D eigenvalue weighted by atomic mass is 16.7. The second-order valence-electron chi connectivity index (χ2n) is 5.36. The summed E-state index contributed by atoms with van der Waals surface area (Å²) in [7, 11) is 0. The highest BCUT2D eigenvalue weighted by Gasteiger charge is 2.45. The molecule has 2 N–H and O–H groups in total. The highest BCUT2D eigenvalue weighted by molar-refractivity contribution is 4.95. The molecular formula is C10H18N6O4. The maximum absolute atomic E-state index is 10.00. The van der Waals surface area contributed by atoms with Crippen molar-refractivity contribution >= 4 is 0 Å². The first-order valence-corrected chi connectivity index (χ1v) is 6.04. The third-order valence-electron chi connectivity index (χ3n) is 2.65. The summed E-state index contributed by atoms with van der Waals surface area (Å²) in [5.74, 6) is 0. The third kappa shape index (κ3) is 4.24. The summed E-state index contributed by atoms with van der Waals surface area (Å²) in [5, 5.41) is 26.6. The largest absolute Gasteiger partial charge is 0.390 e. The number of hydrogen-bond donors (Lipinski definition) is 2. The molecule has 0 spiro atoms. The Labute approximate surface area is 115 Å². The zero-order valence-electron chi connectivity index (χ0n) is 11.5. The van der Waals surface area contributed by atoms with Crippen LogP contribution in [0.4, 0.5) is 0 Å². The molecule has 1 aliphatic rings. The molecule has 10 nitrogen and oxygen atoms in total. The Morgan fingerprint density at radius 3 is 2.35 bits per heavy atom. The minimum atomic E-state index is -1.37. The Morgan fingerprint density at radius 2 is 1.85 bits per heavy atom. The lowest BCUT2D eigenvalue weighted by molar-refractivity contribution is -0.281. The average Bonchev–Trinajstić information content (AvgIpc) is 2.35. The van der Waals surface area contributed by atoms with Gasteiger partial charge >= 0.3 is 0 Å². The molecule has 0 aromatic rings. The van der Waals surface area contributed by atoms with Gasteiger partial charge in [0.2, 0.25) is 0 Å². The van der Waals surface area contributed by atoms with Gasteiger partial charge in [0.15, 0.2) is 6.29 Å². The van der Waals surface area contributed by atoms with E-state index in [0.717, 1.165) is 0 Å². The van der Waals surface area contributed by atoms with Crippen molar-refractivity contribution in [2.75, 3.05) is 6.54 Å². The van der Waals surface area contributed by atoms with Gasteiger partial charge in [-0.3, -0.25) is 0 Å². The van der Waals surface area contributed by atoms with E-state index in [2.05, 4.69) is 20.1 Å². The number of hydrogen-bond acceptors (Lipinski definition) is 6. The van der Waals surface area contributed by atoms with Crippen LogP contribution in [0, 0.1) is 0 Å². The summed E-state index contributed by atoms with van der Waals surface area (Å²) in [4.78, 5) is 5.20. The van der Waals surface area contributed by atoms with Crippen LogP contribution in [0.25, 0.3) is 20.9 Å². The minimum Gasteiger partial charge on any atom is -0.390 e. The average molecular weight is 286 g/mol. The Kier molecular flexibility index (Phi) is 5.58. The van der Waals surface area contributed by atoms with Crippen LogP contribution in [0.15, 0.2) is 10.2 Å². The van der Waals surface area contributed by atoms with Gasteiger partial charge in [0.25, 0.3) is 0 Å². The fourth-order valence-electron chi connectivity index (χ4n) is 1.81. The van der Waals surface area contributed by atoms with E-state index in [1.54, 1.807) is 20.8 Å². The molecule has 1 heterocycles. The van der Waals surface area contributed by atoms with E-state index in [-0.39, 0.29) is 6.54 Å². The van der Waals surface area contributed by atoms with E-state index in [1.165, 1.54) is 0 Å². The second kappa shape index (κ2) is 6.76. The number of nitrogens with zero attached hydrogens (tertiary/aromatic N) is 6. The molecule has 0 bridgehead atoms. The van der Waals surface area contributed by atoms with Crippen LogP contribution < -0.4 is 0 Å². The first kappa shape index (κ1) is 16.5. The van der Waals surface area contributed by atoms with Crippen molar-refractivity contribution in [3.05, 3.63) is 20.9 Å². The number of rotatable bonds is 4. The normalized spacial score (nSPS) is 34.0. The van der Waals surface area contributed by atoms with Gasteiger partial charge in [-0.25, -0.2) is 0 Å². The number of aliphatic hydroxyl groups excluding tert-OH is 2. The molecule has 5 atom stereocenters. The first-order valence-electron chi connectivity index (χ1n) is 6.04. The molecular weight excluding hydrogens is 268 g/mol. The lowest BCUT2D eigenvalue weighted by Gasteiger charge is -2.42. The molecule has 112 valence electrons. The maximum atomic E-state index is 10.00. The van der Waals surface area contributed by atoms with Gasteiger partial charge in [0.05, 0.1) is 24.4 Å². The maximum Gasteiger partial charge on any atom is 0.169 e. The van der Waals surface area contributed by atoms with Gasteiger partial charge < -0.3 is 19.7 Å². The SMILES string of the molecule is CC(C)(C)O[C@@H]1OC(CN=[N+]=[N-])[C@H](O)[C@H](O)C1N=[N+]=[N-]. The molecule has 1 saturated heterocycles. The van der Waals surface area contributed by atoms with Crippen molar-refractivity contribution < 1.29 is 19.7 Å². The predicted molar refractivity (Wildman–Crippen MR) is 68.5 cm³/mol. The Bertz CT molecular complexity index is 424. The second-order valence-corrected chi connectivity index (χ2v) is 5.36. The molecule has 1 aliphatic heterocycles. The van der Waals surface area contributed by atoms with Gasteiger partial charge in [0, 0.05) is 9.82 Å². The smallest absolute Gasteiger partial charge is 0.169 e. The molecule has 0 aromatic heterocycles. The zero-order chi connectivity index (χ0) is 15.3. The summed E-state index contributed by atoms with van der Waals surface area (Å²) in [6.07, 6.45) is -4.68. The predicted octanol–water partition coefficient (Wildman–Crippen LogP) is 1.24.